The lowest BCUT2D eigenvalue weighted by Gasteiger charge is -2.10. The summed E-state index contributed by atoms with van der Waals surface area (Å²) in [6, 6.07) is 11.6. The quantitative estimate of drug-likeness (QED) is 0.869. The van der Waals surface area contributed by atoms with Crippen LogP contribution >= 0.6 is 11.6 Å². The molecular weight excluding hydrogens is 251 g/mol. The molecule has 0 saturated heterocycles. The smallest absolute Gasteiger partial charge is 0.143 e. The fraction of sp³-hybridized carbons (Fsp3) is 0.0714. The van der Waals surface area contributed by atoms with Gasteiger partial charge in [0.15, 0.2) is 0 Å². The summed E-state index contributed by atoms with van der Waals surface area (Å²) in [4.78, 5) is 0. The van der Waals surface area contributed by atoms with Crippen LogP contribution in [-0.2, 0) is 0 Å². The van der Waals surface area contributed by atoms with Crippen molar-refractivity contribution in [2.24, 2.45) is 0 Å². The van der Waals surface area contributed by atoms with Crippen LogP contribution in [0.4, 0.5) is 15.8 Å². The van der Waals surface area contributed by atoms with Gasteiger partial charge < -0.3 is 5.32 Å². The summed E-state index contributed by atoms with van der Waals surface area (Å²) in [6.07, 6.45) is 0. The highest BCUT2D eigenvalue weighted by atomic mass is 35.5. The molecule has 0 aliphatic rings. The number of nitriles is 1. The molecule has 0 spiro atoms. The van der Waals surface area contributed by atoms with Crippen molar-refractivity contribution in [1.29, 1.82) is 5.26 Å². The van der Waals surface area contributed by atoms with Gasteiger partial charge in [-0.25, -0.2) is 4.39 Å². The van der Waals surface area contributed by atoms with Crippen LogP contribution in [-0.4, -0.2) is 0 Å². The Morgan fingerprint density at radius 2 is 2.06 bits per heavy atom. The zero-order valence-electron chi connectivity index (χ0n) is 9.67. The second kappa shape index (κ2) is 5.07. The summed E-state index contributed by atoms with van der Waals surface area (Å²) in [7, 11) is 0. The minimum absolute atomic E-state index is 0.0309. The van der Waals surface area contributed by atoms with Gasteiger partial charge in [-0.05, 0) is 42.8 Å². The molecule has 0 radical (unpaired) electrons. The molecule has 2 nitrogen and oxygen atoms in total. The van der Waals surface area contributed by atoms with E-state index < -0.39 is 5.82 Å². The van der Waals surface area contributed by atoms with Gasteiger partial charge in [-0.3, -0.25) is 0 Å². The van der Waals surface area contributed by atoms with Gasteiger partial charge in [-0.1, -0.05) is 17.7 Å². The molecule has 2 aromatic carbocycles. The molecule has 0 aliphatic carbocycles. The van der Waals surface area contributed by atoms with Crippen molar-refractivity contribution in [2.45, 2.75) is 6.92 Å². The van der Waals surface area contributed by atoms with E-state index in [1.165, 1.54) is 12.1 Å². The van der Waals surface area contributed by atoms with Crippen molar-refractivity contribution < 1.29 is 4.39 Å². The minimum Gasteiger partial charge on any atom is -0.355 e. The van der Waals surface area contributed by atoms with E-state index in [0.717, 1.165) is 11.3 Å². The maximum atomic E-state index is 13.4. The molecule has 0 amide bonds. The number of hydrogen-bond donors (Lipinski definition) is 1. The van der Waals surface area contributed by atoms with E-state index in [1.54, 1.807) is 18.2 Å². The summed E-state index contributed by atoms with van der Waals surface area (Å²) in [6.45, 7) is 1.88. The molecule has 0 heterocycles. The minimum atomic E-state index is -0.540. The topological polar surface area (TPSA) is 35.8 Å². The molecule has 2 rings (SSSR count). The van der Waals surface area contributed by atoms with E-state index in [0.29, 0.717) is 10.7 Å². The van der Waals surface area contributed by atoms with Crippen molar-refractivity contribution in [3.8, 4) is 6.07 Å². The van der Waals surface area contributed by atoms with Crippen molar-refractivity contribution in [2.75, 3.05) is 5.32 Å². The highest BCUT2D eigenvalue weighted by Crippen LogP contribution is 2.26. The van der Waals surface area contributed by atoms with Gasteiger partial charge in [0.05, 0.1) is 5.56 Å². The van der Waals surface area contributed by atoms with Gasteiger partial charge >= 0.3 is 0 Å². The van der Waals surface area contributed by atoms with Crippen LogP contribution in [0.3, 0.4) is 0 Å². The molecule has 2 aromatic rings. The van der Waals surface area contributed by atoms with E-state index in [2.05, 4.69) is 5.32 Å². The van der Waals surface area contributed by atoms with Gasteiger partial charge in [0, 0.05) is 16.4 Å². The lowest BCUT2D eigenvalue weighted by Crippen LogP contribution is -1.95. The van der Waals surface area contributed by atoms with E-state index >= 15 is 0 Å². The van der Waals surface area contributed by atoms with Crippen molar-refractivity contribution in [3.05, 3.63) is 58.4 Å². The van der Waals surface area contributed by atoms with E-state index in [-0.39, 0.29) is 5.56 Å². The average Bonchev–Trinajstić information content (AvgIpc) is 2.35. The number of nitrogens with one attached hydrogen (secondary N) is 1. The summed E-state index contributed by atoms with van der Waals surface area (Å²) in [5, 5.41) is 12.4. The molecule has 0 saturated carbocycles. The second-order valence-corrected chi connectivity index (χ2v) is 4.25. The van der Waals surface area contributed by atoms with Crippen LogP contribution < -0.4 is 5.32 Å². The first kappa shape index (κ1) is 12.4. The lowest BCUT2D eigenvalue weighted by molar-refractivity contribution is 0.624. The predicted octanol–water partition coefficient (Wildman–Crippen LogP) is 4.40. The Bertz CT molecular complexity index is 632. The number of hydrogen-bond acceptors (Lipinski definition) is 2. The Hall–Kier alpha value is -2.05. The molecule has 18 heavy (non-hydrogen) atoms. The zero-order valence-corrected chi connectivity index (χ0v) is 10.4. The normalized spacial score (nSPS) is 9.89. The molecule has 1 N–H and O–H groups in total. The van der Waals surface area contributed by atoms with E-state index in [1.807, 2.05) is 19.1 Å². The number of anilines is 2. The fourth-order valence-corrected chi connectivity index (χ4v) is 1.76. The molecule has 0 aromatic heterocycles. The van der Waals surface area contributed by atoms with Gasteiger partial charge in [0.2, 0.25) is 0 Å². The molecule has 4 heteroatoms. The summed E-state index contributed by atoms with van der Waals surface area (Å²) in [5.74, 6) is -0.540. The first-order valence-electron chi connectivity index (χ1n) is 5.33. The van der Waals surface area contributed by atoms with Crippen LogP contribution in [0.1, 0.15) is 11.1 Å². The lowest BCUT2D eigenvalue weighted by atomic mass is 10.1. The first-order valence-corrected chi connectivity index (χ1v) is 5.71. The molecule has 0 aliphatic heterocycles. The zero-order chi connectivity index (χ0) is 13.1. The first-order chi connectivity index (χ1) is 8.61. The average molecular weight is 261 g/mol. The molecule has 0 unspecified atom stereocenters. The number of rotatable bonds is 2. The van der Waals surface area contributed by atoms with Crippen molar-refractivity contribution in [3.63, 3.8) is 0 Å². The Kier molecular flexibility index (Phi) is 3.50. The maximum absolute atomic E-state index is 13.4. The summed E-state index contributed by atoms with van der Waals surface area (Å²) < 4.78 is 13.4. The molecule has 0 fully saturated rings. The van der Waals surface area contributed by atoms with Gasteiger partial charge in [0.1, 0.15) is 11.9 Å². The third-order valence-electron chi connectivity index (χ3n) is 2.64. The maximum Gasteiger partial charge on any atom is 0.143 e. The largest absolute Gasteiger partial charge is 0.355 e. The summed E-state index contributed by atoms with van der Waals surface area (Å²) >= 11 is 6.00. The van der Waals surface area contributed by atoms with Crippen LogP contribution in [0.25, 0.3) is 0 Å². The predicted molar refractivity (Wildman–Crippen MR) is 70.6 cm³/mol. The van der Waals surface area contributed by atoms with Crippen LogP contribution in [0, 0.1) is 24.1 Å². The van der Waals surface area contributed by atoms with Gasteiger partial charge in [-0.2, -0.15) is 5.26 Å². The van der Waals surface area contributed by atoms with Gasteiger partial charge in [-0.15, -0.1) is 0 Å². The van der Waals surface area contributed by atoms with Gasteiger partial charge in [0.25, 0.3) is 0 Å². The van der Waals surface area contributed by atoms with Crippen LogP contribution in [0.2, 0.25) is 5.02 Å². The highest BCUT2D eigenvalue weighted by molar-refractivity contribution is 6.31. The number of halogens is 2. The molecule has 0 bridgehead atoms. The Labute approximate surface area is 110 Å². The van der Waals surface area contributed by atoms with Crippen molar-refractivity contribution in [1.82, 2.24) is 0 Å². The third-order valence-corrected chi connectivity index (χ3v) is 3.05. The SMILES string of the molecule is Cc1c(Cl)cccc1Nc1ccc(C#N)c(F)c1. The number of benzene rings is 2. The second-order valence-electron chi connectivity index (χ2n) is 3.84. The van der Waals surface area contributed by atoms with Crippen LogP contribution in [0.15, 0.2) is 36.4 Å². The Morgan fingerprint density at radius 3 is 2.72 bits per heavy atom. The third kappa shape index (κ3) is 2.44. The van der Waals surface area contributed by atoms with E-state index in [9.17, 15) is 4.39 Å². The Morgan fingerprint density at radius 1 is 1.28 bits per heavy atom. The standard InChI is InChI=1S/C14H10ClFN2/c1-9-12(15)3-2-4-14(9)18-11-6-5-10(8-17)13(16)7-11/h2-7,18H,1H3. The molecular formula is C14H10ClFN2. The van der Waals surface area contributed by atoms with Crippen molar-refractivity contribution >= 4 is 23.0 Å². The van der Waals surface area contributed by atoms with E-state index in [4.69, 9.17) is 16.9 Å². The fourth-order valence-electron chi connectivity index (χ4n) is 1.58. The monoisotopic (exact) mass is 260 g/mol. The Balaban J connectivity index is 2.32. The number of nitrogens with zero attached hydrogens (tertiary/aromatic N) is 1. The summed E-state index contributed by atoms with van der Waals surface area (Å²) in [5.41, 5.74) is 2.32. The molecule has 0 atom stereocenters. The molecule has 90 valence electrons. The highest BCUT2D eigenvalue weighted by Gasteiger charge is 2.05. The van der Waals surface area contributed by atoms with Crippen LogP contribution in [0.5, 0.6) is 0 Å².